The van der Waals surface area contributed by atoms with Gasteiger partial charge in [0.1, 0.15) is 12.4 Å². The lowest BCUT2D eigenvalue weighted by Crippen LogP contribution is -2.43. The highest BCUT2D eigenvalue weighted by molar-refractivity contribution is 6.30. The number of para-hydroxylation sites is 1. The van der Waals surface area contributed by atoms with E-state index in [-0.39, 0.29) is 25.7 Å². The summed E-state index contributed by atoms with van der Waals surface area (Å²) < 4.78 is 16.3. The molecule has 33 heavy (non-hydrogen) atoms. The standard InChI is InChI=1S/C25H20ClNO6/c26-17-6-8-18(9-7-17)31-12-11-27-20-4-2-1-3-19(20)25(30,24(27)29)14-21(28)16-5-10-22-23(13-16)33-15-32-22/h1-10,13,30H,11-12,14-15H2/t25-/m1/s1. The van der Waals surface area contributed by atoms with Crippen LogP contribution in [-0.4, -0.2) is 36.7 Å². The number of carbonyl (C=O) groups is 2. The minimum Gasteiger partial charge on any atom is -0.492 e. The third kappa shape index (κ3) is 3.90. The van der Waals surface area contributed by atoms with Gasteiger partial charge in [-0.2, -0.15) is 0 Å². The molecule has 0 aliphatic carbocycles. The van der Waals surface area contributed by atoms with E-state index in [9.17, 15) is 14.7 Å². The number of ketones is 1. The normalized spacial score (nSPS) is 18.4. The Balaban J connectivity index is 1.34. The van der Waals surface area contributed by atoms with Crippen molar-refractivity contribution >= 4 is 29.0 Å². The minimum atomic E-state index is -1.97. The summed E-state index contributed by atoms with van der Waals surface area (Å²) >= 11 is 5.89. The molecule has 0 bridgehead atoms. The summed E-state index contributed by atoms with van der Waals surface area (Å²) in [5, 5.41) is 12.0. The molecule has 1 N–H and O–H groups in total. The number of halogens is 1. The predicted octanol–water partition coefficient (Wildman–Crippen LogP) is 3.95. The molecule has 7 nitrogen and oxygen atoms in total. The van der Waals surface area contributed by atoms with Gasteiger partial charge >= 0.3 is 0 Å². The topological polar surface area (TPSA) is 85.3 Å². The minimum absolute atomic E-state index is 0.0931. The van der Waals surface area contributed by atoms with Crippen LogP contribution in [-0.2, 0) is 10.4 Å². The Bertz CT molecular complexity index is 1230. The summed E-state index contributed by atoms with van der Waals surface area (Å²) in [5.74, 6) is 0.703. The third-order valence-corrected chi connectivity index (χ3v) is 6.00. The first-order chi connectivity index (χ1) is 16.0. The van der Waals surface area contributed by atoms with Crippen LogP contribution in [0.5, 0.6) is 17.2 Å². The molecule has 0 fully saturated rings. The number of Topliss-reactive ketones (excluding diaryl/α,β-unsaturated/α-hetero) is 1. The van der Waals surface area contributed by atoms with Crippen molar-refractivity contribution in [2.45, 2.75) is 12.0 Å². The molecule has 0 radical (unpaired) electrons. The Morgan fingerprint density at radius 2 is 1.82 bits per heavy atom. The number of anilines is 1. The monoisotopic (exact) mass is 465 g/mol. The Morgan fingerprint density at radius 1 is 1.06 bits per heavy atom. The molecule has 168 valence electrons. The van der Waals surface area contributed by atoms with Crippen LogP contribution in [0.25, 0.3) is 0 Å². The second kappa shape index (κ2) is 8.42. The smallest absolute Gasteiger partial charge is 0.264 e. The van der Waals surface area contributed by atoms with E-state index in [1.165, 1.54) is 4.90 Å². The molecule has 0 spiro atoms. The zero-order valence-electron chi connectivity index (χ0n) is 17.5. The van der Waals surface area contributed by atoms with Crippen molar-refractivity contribution in [1.29, 1.82) is 0 Å². The summed E-state index contributed by atoms with van der Waals surface area (Å²) in [6.07, 6.45) is -0.392. The average Bonchev–Trinajstić information content (AvgIpc) is 3.37. The van der Waals surface area contributed by atoms with Gasteiger partial charge in [-0.25, -0.2) is 0 Å². The molecule has 8 heteroatoms. The molecule has 2 aliphatic heterocycles. The highest BCUT2D eigenvalue weighted by atomic mass is 35.5. The highest BCUT2D eigenvalue weighted by Crippen LogP contribution is 2.43. The Hall–Kier alpha value is -3.55. The van der Waals surface area contributed by atoms with Crippen LogP contribution in [0.1, 0.15) is 22.3 Å². The molecule has 0 saturated heterocycles. The van der Waals surface area contributed by atoms with Gasteiger partial charge in [-0.3, -0.25) is 9.59 Å². The molecule has 5 rings (SSSR count). The first-order valence-corrected chi connectivity index (χ1v) is 10.8. The van der Waals surface area contributed by atoms with Gasteiger partial charge in [0.2, 0.25) is 6.79 Å². The van der Waals surface area contributed by atoms with E-state index in [0.717, 1.165) is 0 Å². The van der Waals surface area contributed by atoms with Crippen molar-refractivity contribution in [3.8, 4) is 17.2 Å². The fourth-order valence-corrected chi connectivity index (χ4v) is 4.22. The summed E-state index contributed by atoms with van der Waals surface area (Å²) in [6.45, 7) is 0.503. The maximum Gasteiger partial charge on any atom is 0.264 e. The Labute approximate surface area is 195 Å². The fourth-order valence-electron chi connectivity index (χ4n) is 4.09. The SMILES string of the molecule is O=C(C[C@]1(O)C(=O)N(CCOc2ccc(Cl)cc2)c2ccccc21)c1ccc2c(c1)OCO2. The van der Waals surface area contributed by atoms with E-state index >= 15 is 0 Å². The van der Waals surface area contributed by atoms with E-state index in [4.69, 9.17) is 25.8 Å². The number of ether oxygens (including phenoxy) is 3. The van der Waals surface area contributed by atoms with Crippen molar-refractivity contribution in [2.75, 3.05) is 24.8 Å². The second-order valence-electron chi connectivity index (χ2n) is 7.80. The second-order valence-corrected chi connectivity index (χ2v) is 8.24. The highest BCUT2D eigenvalue weighted by Gasteiger charge is 2.50. The van der Waals surface area contributed by atoms with Gasteiger partial charge in [-0.05, 0) is 48.5 Å². The van der Waals surface area contributed by atoms with E-state index in [0.29, 0.717) is 39.1 Å². The Morgan fingerprint density at radius 3 is 2.64 bits per heavy atom. The van der Waals surface area contributed by atoms with Crippen molar-refractivity contribution < 1.29 is 28.9 Å². The molecule has 0 aromatic heterocycles. The van der Waals surface area contributed by atoms with E-state index in [1.54, 1.807) is 66.7 Å². The first kappa shape index (κ1) is 21.3. The predicted molar refractivity (Wildman–Crippen MR) is 121 cm³/mol. The number of hydrogen-bond acceptors (Lipinski definition) is 6. The first-order valence-electron chi connectivity index (χ1n) is 10.4. The summed E-state index contributed by atoms with van der Waals surface area (Å²) in [4.78, 5) is 27.8. The zero-order valence-corrected chi connectivity index (χ0v) is 18.2. The molecule has 2 heterocycles. The fraction of sp³-hybridized carbons (Fsp3) is 0.200. The van der Waals surface area contributed by atoms with Crippen LogP contribution in [0.4, 0.5) is 5.69 Å². The van der Waals surface area contributed by atoms with E-state index < -0.39 is 17.9 Å². The van der Waals surface area contributed by atoms with Gasteiger partial charge in [-0.15, -0.1) is 0 Å². The number of amides is 1. The number of fused-ring (bicyclic) bond motifs is 2. The number of rotatable bonds is 7. The molecule has 1 amide bonds. The maximum atomic E-state index is 13.3. The average molecular weight is 466 g/mol. The van der Waals surface area contributed by atoms with Crippen LogP contribution >= 0.6 is 11.6 Å². The molecule has 1 atom stereocenters. The molecule has 0 unspecified atom stereocenters. The van der Waals surface area contributed by atoms with Crippen LogP contribution in [0, 0.1) is 0 Å². The van der Waals surface area contributed by atoms with Crippen molar-refractivity contribution in [3.63, 3.8) is 0 Å². The molecule has 3 aromatic rings. The van der Waals surface area contributed by atoms with Crippen LogP contribution < -0.4 is 19.1 Å². The molecular formula is C25H20ClNO6. The van der Waals surface area contributed by atoms with Gasteiger partial charge < -0.3 is 24.2 Å². The molecule has 2 aliphatic rings. The largest absolute Gasteiger partial charge is 0.492 e. The van der Waals surface area contributed by atoms with Gasteiger partial charge in [-0.1, -0.05) is 29.8 Å². The number of nitrogens with zero attached hydrogens (tertiary/aromatic N) is 1. The van der Waals surface area contributed by atoms with Gasteiger partial charge in [0.25, 0.3) is 5.91 Å². The lowest BCUT2D eigenvalue weighted by Gasteiger charge is -2.23. The van der Waals surface area contributed by atoms with Crippen molar-refractivity contribution in [1.82, 2.24) is 0 Å². The van der Waals surface area contributed by atoms with E-state index in [2.05, 4.69) is 0 Å². The third-order valence-electron chi connectivity index (χ3n) is 5.75. The lowest BCUT2D eigenvalue weighted by molar-refractivity contribution is -0.135. The molecular weight excluding hydrogens is 446 g/mol. The number of benzene rings is 3. The van der Waals surface area contributed by atoms with Crippen molar-refractivity contribution in [3.05, 3.63) is 82.9 Å². The molecule has 3 aromatic carbocycles. The van der Waals surface area contributed by atoms with Crippen LogP contribution in [0.15, 0.2) is 66.7 Å². The Kier molecular flexibility index (Phi) is 5.44. The van der Waals surface area contributed by atoms with Gasteiger partial charge in [0, 0.05) is 16.1 Å². The van der Waals surface area contributed by atoms with Crippen LogP contribution in [0.2, 0.25) is 5.02 Å². The number of hydrogen-bond donors (Lipinski definition) is 1. The lowest BCUT2D eigenvalue weighted by atomic mass is 9.88. The maximum absolute atomic E-state index is 13.3. The molecule has 0 saturated carbocycles. The summed E-state index contributed by atoms with van der Waals surface area (Å²) in [6, 6.07) is 18.6. The zero-order chi connectivity index (χ0) is 23.0. The van der Waals surface area contributed by atoms with Crippen LogP contribution in [0.3, 0.4) is 0 Å². The quantitative estimate of drug-likeness (QED) is 0.532. The van der Waals surface area contributed by atoms with Gasteiger partial charge in [0.05, 0.1) is 18.7 Å². The summed E-state index contributed by atoms with van der Waals surface area (Å²) in [7, 11) is 0. The number of carbonyl (C=O) groups excluding carboxylic acids is 2. The number of aliphatic hydroxyl groups is 1. The van der Waals surface area contributed by atoms with E-state index in [1.807, 2.05) is 0 Å². The van der Waals surface area contributed by atoms with Crippen molar-refractivity contribution in [2.24, 2.45) is 0 Å². The van der Waals surface area contributed by atoms with Gasteiger partial charge in [0.15, 0.2) is 22.9 Å². The summed E-state index contributed by atoms with van der Waals surface area (Å²) in [5.41, 5.74) is -0.675.